The van der Waals surface area contributed by atoms with Crippen molar-refractivity contribution in [1.82, 2.24) is 5.32 Å². The van der Waals surface area contributed by atoms with E-state index in [4.69, 9.17) is 16.3 Å². The van der Waals surface area contributed by atoms with Gasteiger partial charge in [-0.2, -0.15) is 0 Å². The molecule has 3 rings (SSSR count). The first kappa shape index (κ1) is 15.5. The van der Waals surface area contributed by atoms with E-state index in [9.17, 15) is 0 Å². The van der Waals surface area contributed by atoms with Gasteiger partial charge in [-0.15, -0.1) is 22.7 Å². The van der Waals surface area contributed by atoms with Crippen LogP contribution in [0.1, 0.15) is 41.5 Å². The van der Waals surface area contributed by atoms with Crippen LogP contribution in [0.4, 0.5) is 0 Å². The molecule has 0 amide bonds. The summed E-state index contributed by atoms with van der Waals surface area (Å²) in [5, 5.41) is 5.73. The molecule has 0 aliphatic heterocycles. The van der Waals surface area contributed by atoms with Gasteiger partial charge in [-0.05, 0) is 36.4 Å². The molecule has 1 N–H and O–H groups in total. The van der Waals surface area contributed by atoms with Crippen LogP contribution < -0.4 is 5.32 Å². The number of hydrogen-bond acceptors (Lipinski definition) is 4. The number of nitrogens with one attached hydrogen (secondary N) is 1. The van der Waals surface area contributed by atoms with Crippen molar-refractivity contribution in [2.24, 2.45) is 0 Å². The van der Waals surface area contributed by atoms with E-state index in [0.29, 0.717) is 6.10 Å². The Hall–Kier alpha value is -0.390. The van der Waals surface area contributed by atoms with Gasteiger partial charge in [-0.1, -0.05) is 30.5 Å². The molecule has 0 spiro atoms. The Bertz CT molecular complexity index is 534. The van der Waals surface area contributed by atoms with E-state index in [1.54, 1.807) is 22.7 Å². The van der Waals surface area contributed by atoms with Crippen molar-refractivity contribution in [1.29, 1.82) is 0 Å². The fourth-order valence-electron chi connectivity index (χ4n) is 2.76. The Morgan fingerprint density at radius 2 is 2.10 bits per heavy atom. The number of ether oxygens (including phenoxy) is 1. The van der Waals surface area contributed by atoms with Gasteiger partial charge in [0.1, 0.15) is 0 Å². The van der Waals surface area contributed by atoms with E-state index in [0.717, 1.165) is 17.5 Å². The summed E-state index contributed by atoms with van der Waals surface area (Å²) < 4.78 is 6.77. The lowest BCUT2D eigenvalue weighted by Gasteiger charge is -2.17. The predicted octanol–water partition coefficient (Wildman–Crippen LogP) is 5.10. The topological polar surface area (TPSA) is 21.3 Å². The minimum absolute atomic E-state index is 0.231. The van der Waals surface area contributed by atoms with Gasteiger partial charge in [-0.3, -0.25) is 0 Å². The molecule has 1 unspecified atom stereocenters. The van der Waals surface area contributed by atoms with E-state index in [-0.39, 0.29) is 6.04 Å². The molecular weight excluding hydrogens is 322 g/mol. The zero-order chi connectivity index (χ0) is 14.5. The molecule has 0 bridgehead atoms. The summed E-state index contributed by atoms with van der Waals surface area (Å²) in [5.41, 5.74) is 0. The fraction of sp³-hybridized carbons (Fsp3) is 0.500. The smallest absolute Gasteiger partial charge is 0.0931 e. The summed E-state index contributed by atoms with van der Waals surface area (Å²) >= 11 is 9.51. The molecule has 1 atom stereocenters. The second kappa shape index (κ2) is 7.75. The van der Waals surface area contributed by atoms with E-state index >= 15 is 0 Å². The first-order chi connectivity index (χ1) is 10.3. The van der Waals surface area contributed by atoms with Crippen molar-refractivity contribution in [2.45, 2.75) is 37.8 Å². The highest BCUT2D eigenvalue weighted by Gasteiger charge is 2.18. The zero-order valence-electron chi connectivity index (χ0n) is 11.9. The van der Waals surface area contributed by atoms with Gasteiger partial charge < -0.3 is 10.1 Å². The number of rotatable bonds is 7. The van der Waals surface area contributed by atoms with Crippen LogP contribution in [0.15, 0.2) is 29.6 Å². The van der Waals surface area contributed by atoms with Gasteiger partial charge in [-0.25, -0.2) is 0 Å². The molecule has 114 valence electrons. The molecule has 21 heavy (non-hydrogen) atoms. The Morgan fingerprint density at radius 1 is 1.24 bits per heavy atom. The molecule has 1 saturated carbocycles. The van der Waals surface area contributed by atoms with E-state index in [1.807, 2.05) is 6.07 Å². The summed E-state index contributed by atoms with van der Waals surface area (Å²) in [6.07, 6.45) is 5.60. The summed E-state index contributed by atoms with van der Waals surface area (Å²) in [7, 11) is 0. The minimum Gasteiger partial charge on any atom is -0.377 e. The Kier molecular flexibility index (Phi) is 5.72. The van der Waals surface area contributed by atoms with Crippen LogP contribution in [0.5, 0.6) is 0 Å². The first-order valence-corrected chi connectivity index (χ1v) is 9.54. The zero-order valence-corrected chi connectivity index (χ0v) is 14.3. The molecule has 2 heterocycles. The average molecular weight is 342 g/mol. The average Bonchev–Trinajstić information content (AvgIpc) is 3.20. The molecule has 2 nitrogen and oxygen atoms in total. The molecule has 1 fully saturated rings. The summed E-state index contributed by atoms with van der Waals surface area (Å²) in [4.78, 5) is 2.60. The molecule has 0 radical (unpaired) electrons. The lowest BCUT2D eigenvalue weighted by Crippen LogP contribution is -2.26. The van der Waals surface area contributed by atoms with Gasteiger partial charge in [0.05, 0.1) is 23.1 Å². The van der Waals surface area contributed by atoms with Crippen LogP contribution in [-0.2, 0) is 4.74 Å². The molecule has 0 aromatic carbocycles. The van der Waals surface area contributed by atoms with Crippen LogP contribution >= 0.6 is 34.3 Å². The third-order valence-electron chi connectivity index (χ3n) is 3.81. The van der Waals surface area contributed by atoms with Gasteiger partial charge in [0.2, 0.25) is 0 Å². The normalized spacial score (nSPS) is 17.4. The number of hydrogen-bond donors (Lipinski definition) is 1. The van der Waals surface area contributed by atoms with E-state index in [2.05, 4.69) is 28.9 Å². The van der Waals surface area contributed by atoms with Crippen LogP contribution in [0.3, 0.4) is 0 Å². The largest absolute Gasteiger partial charge is 0.377 e. The minimum atomic E-state index is 0.231. The molecule has 1 aliphatic rings. The lowest BCUT2D eigenvalue weighted by molar-refractivity contribution is 0.0597. The van der Waals surface area contributed by atoms with Crippen molar-refractivity contribution < 1.29 is 4.74 Å². The highest BCUT2D eigenvalue weighted by Crippen LogP contribution is 2.33. The second-order valence-corrected chi connectivity index (χ2v) is 8.05. The highest BCUT2D eigenvalue weighted by atomic mass is 35.5. The van der Waals surface area contributed by atoms with Gasteiger partial charge in [0, 0.05) is 16.3 Å². The van der Waals surface area contributed by atoms with Crippen LogP contribution in [0, 0.1) is 0 Å². The third-order valence-corrected chi connectivity index (χ3v) is 6.05. The second-order valence-electron chi connectivity index (χ2n) is 5.32. The van der Waals surface area contributed by atoms with Gasteiger partial charge in [0.15, 0.2) is 0 Å². The van der Waals surface area contributed by atoms with Gasteiger partial charge in [0.25, 0.3) is 0 Å². The SMILES string of the molecule is Clc1ccc(C(NCCOC2CCCC2)c2cccs2)s1. The van der Waals surface area contributed by atoms with E-state index in [1.165, 1.54) is 35.4 Å². The standard InChI is InChI=1S/C16H20ClNOS2/c17-15-8-7-14(21-15)16(13-6-3-11-20-13)18-9-10-19-12-4-1-2-5-12/h3,6-8,11-12,16,18H,1-2,4-5,9-10H2. The van der Waals surface area contributed by atoms with Crippen LogP contribution in [0.2, 0.25) is 4.34 Å². The fourth-order valence-corrected chi connectivity index (χ4v) is 4.81. The summed E-state index contributed by atoms with van der Waals surface area (Å²) in [6.45, 7) is 1.65. The molecule has 2 aromatic heterocycles. The summed E-state index contributed by atoms with van der Waals surface area (Å²) in [6, 6.07) is 8.59. The maximum Gasteiger partial charge on any atom is 0.0931 e. The van der Waals surface area contributed by atoms with Crippen molar-refractivity contribution >= 4 is 34.3 Å². The number of thiophene rings is 2. The molecular formula is C16H20ClNOS2. The van der Waals surface area contributed by atoms with E-state index < -0.39 is 0 Å². The monoisotopic (exact) mass is 341 g/mol. The molecule has 0 saturated heterocycles. The van der Waals surface area contributed by atoms with Crippen LogP contribution in [0.25, 0.3) is 0 Å². The molecule has 2 aromatic rings. The quantitative estimate of drug-likeness (QED) is 0.707. The highest BCUT2D eigenvalue weighted by molar-refractivity contribution is 7.16. The predicted molar refractivity (Wildman–Crippen MR) is 91.7 cm³/mol. The summed E-state index contributed by atoms with van der Waals surface area (Å²) in [5.74, 6) is 0. The Morgan fingerprint density at radius 3 is 2.76 bits per heavy atom. The van der Waals surface area contributed by atoms with Gasteiger partial charge >= 0.3 is 0 Å². The van der Waals surface area contributed by atoms with Crippen molar-refractivity contribution in [3.63, 3.8) is 0 Å². The Balaban J connectivity index is 1.55. The Labute approximate surface area is 139 Å². The number of halogens is 1. The maximum atomic E-state index is 6.08. The maximum absolute atomic E-state index is 6.08. The third kappa shape index (κ3) is 4.30. The molecule has 5 heteroatoms. The first-order valence-electron chi connectivity index (χ1n) is 7.46. The van der Waals surface area contributed by atoms with Crippen LogP contribution in [-0.4, -0.2) is 19.3 Å². The van der Waals surface area contributed by atoms with Crippen molar-refractivity contribution in [3.8, 4) is 0 Å². The molecule has 1 aliphatic carbocycles. The van der Waals surface area contributed by atoms with Crippen molar-refractivity contribution in [3.05, 3.63) is 43.7 Å². The van der Waals surface area contributed by atoms with Crippen molar-refractivity contribution in [2.75, 3.05) is 13.2 Å². The lowest BCUT2D eigenvalue weighted by atomic mass is 10.2.